The monoisotopic (exact) mass is 292 g/mol. The van der Waals surface area contributed by atoms with Crippen molar-refractivity contribution < 1.29 is 0 Å². The molecule has 0 saturated heterocycles. The van der Waals surface area contributed by atoms with Gasteiger partial charge in [0, 0.05) is 30.7 Å². The summed E-state index contributed by atoms with van der Waals surface area (Å²) in [6.45, 7) is 6.18. The highest BCUT2D eigenvalue weighted by Gasteiger charge is 2.27. The van der Waals surface area contributed by atoms with Crippen molar-refractivity contribution in [3.63, 3.8) is 0 Å². The SMILES string of the molecule is CC(C)CN(c1nc2sccn2c1CN)C1CCCC1. The molecule has 4 nitrogen and oxygen atoms in total. The number of rotatable bonds is 5. The molecule has 2 heterocycles. The average Bonchev–Trinajstić information content (AvgIpc) is 3.11. The summed E-state index contributed by atoms with van der Waals surface area (Å²) in [5.41, 5.74) is 7.17. The topological polar surface area (TPSA) is 46.6 Å². The quantitative estimate of drug-likeness (QED) is 0.920. The number of thiazole rings is 1. The highest BCUT2D eigenvalue weighted by molar-refractivity contribution is 7.15. The Hall–Kier alpha value is -1.07. The Kier molecular flexibility index (Phi) is 3.98. The van der Waals surface area contributed by atoms with E-state index < -0.39 is 0 Å². The minimum atomic E-state index is 0.550. The van der Waals surface area contributed by atoms with Crippen LogP contribution in [0.1, 0.15) is 45.2 Å². The number of anilines is 1. The summed E-state index contributed by atoms with van der Waals surface area (Å²) < 4.78 is 2.16. The van der Waals surface area contributed by atoms with Gasteiger partial charge in [-0.15, -0.1) is 11.3 Å². The summed E-state index contributed by atoms with van der Waals surface area (Å²) in [7, 11) is 0. The molecule has 0 atom stereocenters. The standard InChI is InChI=1S/C15H24N4S/c1-11(2)10-19(12-5-3-4-6-12)14-13(9-16)18-7-8-20-15(18)17-14/h7-8,11-12H,3-6,9-10,16H2,1-2H3. The molecule has 110 valence electrons. The first kappa shape index (κ1) is 13.9. The minimum Gasteiger partial charge on any atom is -0.352 e. The zero-order chi connectivity index (χ0) is 14.1. The summed E-state index contributed by atoms with van der Waals surface area (Å²) in [6, 6.07) is 0.646. The van der Waals surface area contributed by atoms with Crippen molar-refractivity contribution in [2.24, 2.45) is 11.7 Å². The lowest BCUT2D eigenvalue weighted by Gasteiger charge is -2.31. The third kappa shape index (κ3) is 2.44. The molecule has 2 N–H and O–H groups in total. The molecule has 0 amide bonds. The molecule has 0 aliphatic heterocycles. The largest absolute Gasteiger partial charge is 0.352 e. The van der Waals surface area contributed by atoms with Crippen LogP contribution < -0.4 is 10.6 Å². The molecule has 0 bridgehead atoms. The van der Waals surface area contributed by atoms with Gasteiger partial charge in [-0.2, -0.15) is 0 Å². The van der Waals surface area contributed by atoms with Gasteiger partial charge in [-0.25, -0.2) is 4.98 Å². The molecule has 2 aromatic heterocycles. The van der Waals surface area contributed by atoms with Crippen molar-refractivity contribution in [2.45, 2.75) is 52.1 Å². The molecule has 1 saturated carbocycles. The highest BCUT2D eigenvalue weighted by Crippen LogP contribution is 2.32. The first-order valence-electron chi connectivity index (χ1n) is 7.62. The van der Waals surface area contributed by atoms with Crippen molar-refractivity contribution in [3.8, 4) is 0 Å². The van der Waals surface area contributed by atoms with E-state index in [-0.39, 0.29) is 0 Å². The summed E-state index contributed by atoms with van der Waals surface area (Å²) >= 11 is 1.69. The Morgan fingerprint density at radius 1 is 1.45 bits per heavy atom. The smallest absolute Gasteiger partial charge is 0.195 e. The van der Waals surface area contributed by atoms with Crippen molar-refractivity contribution in [3.05, 3.63) is 17.3 Å². The molecular formula is C15H24N4S. The molecule has 1 aliphatic carbocycles. The first-order valence-corrected chi connectivity index (χ1v) is 8.49. The molecule has 3 rings (SSSR count). The van der Waals surface area contributed by atoms with Gasteiger partial charge in [0.2, 0.25) is 0 Å². The van der Waals surface area contributed by atoms with E-state index in [1.807, 2.05) is 0 Å². The summed E-state index contributed by atoms with van der Waals surface area (Å²) in [4.78, 5) is 8.46. The van der Waals surface area contributed by atoms with Crippen molar-refractivity contribution in [2.75, 3.05) is 11.4 Å². The van der Waals surface area contributed by atoms with Gasteiger partial charge in [-0.1, -0.05) is 26.7 Å². The Balaban J connectivity index is 2.00. The van der Waals surface area contributed by atoms with Gasteiger partial charge in [-0.05, 0) is 18.8 Å². The fraction of sp³-hybridized carbons (Fsp3) is 0.667. The summed E-state index contributed by atoms with van der Waals surface area (Å²) in [5, 5.41) is 2.08. The third-order valence-corrected chi connectivity index (χ3v) is 4.89. The first-order chi connectivity index (χ1) is 9.70. The normalized spacial score (nSPS) is 16.6. The molecule has 1 aliphatic rings. The lowest BCUT2D eigenvalue weighted by molar-refractivity contribution is 0.530. The van der Waals surface area contributed by atoms with Crippen LogP contribution >= 0.6 is 11.3 Å². The van der Waals surface area contributed by atoms with Crippen LogP contribution in [0.4, 0.5) is 5.82 Å². The van der Waals surface area contributed by atoms with Crippen LogP contribution in [0.3, 0.4) is 0 Å². The summed E-state index contributed by atoms with van der Waals surface area (Å²) in [6.07, 6.45) is 7.36. The van der Waals surface area contributed by atoms with Crippen LogP contribution in [-0.2, 0) is 6.54 Å². The third-order valence-electron chi connectivity index (χ3n) is 4.13. The molecule has 0 radical (unpaired) electrons. The van der Waals surface area contributed by atoms with Crippen LogP contribution in [0.15, 0.2) is 11.6 Å². The van der Waals surface area contributed by atoms with E-state index in [9.17, 15) is 0 Å². The van der Waals surface area contributed by atoms with Gasteiger partial charge in [0.05, 0.1) is 5.69 Å². The Labute approximate surface area is 124 Å². The van der Waals surface area contributed by atoms with Crippen LogP contribution in [0, 0.1) is 5.92 Å². The van der Waals surface area contributed by atoms with Gasteiger partial charge in [0.15, 0.2) is 10.8 Å². The van der Waals surface area contributed by atoms with E-state index in [1.54, 1.807) is 11.3 Å². The van der Waals surface area contributed by atoms with E-state index in [4.69, 9.17) is 10.7 Å². The van der Waals surface area contributed by atoms with E-state index in [1.165, 1.54) is 25.7 Å². The second kappa shape index (κ2) is 5.74. The van der Waals surface area contributed by atoms with Crippen molar-refractivity contribution >= 4 is 22.1 Å². The molecule has 20 heavy (non-hydrogen) atoms. The van der Waals surface area contributed by atoms with E-state index >= 15 is 0 Å². The van der Waals surface area contributed by atoms with Crippen LogP contribution in [-0.4, -0.2) is 22.0 Å². The number of imidazole rings is 1. The lowest BCUT2D eigenvalue weighted by Crippen LogP contribution is -2.37. The molecule has 0 spiro atoms. The van der Waals surface area contributed by atoms with Gasteiger partial charge in [0.25, 0.3) is 0 Å². The average molecular weight is 292 g/mol. The van der Waals surface area contributed by atoms with E-state index in [2.05, 4.69) is 34.7 Å². The number of hydrogen-bond acceptors (Lipinski definition) is 4. The minimum absolute atomic E-state index is 0.550. The second-order valence-electron chi connectivity index (χ2n) is 6.13. The van der Waals surface area contributed by atoms with E-state index in [0.29, 0.717) is 18.5 Å². The lowest BCUT2D eigenvalue weighted by atomic mass is 10.1. The maximum Gasteiger partial charge on any atom is 0.195 e. The van der Waals surface area contributed by atoms with Gasteiger partial charge < -0.3 is 10.6 Å². The van der Waals surface area contributed by atoms with Gasteiger partial charge in [-0.3, -0.25) is 4.40 Å². The van der Waals surface area contributed by atoms with Crippen LogP contribution in [0.5, 0.6) is 0 Å². The number of nitrogens with zero attached hydrogens (tertiary/aromatic N) is 3. The molecular weight excluding hydrogens is 268 g/mol. The Morgan fingerprint density at radius 2 is 2.20 bits per heavy atom. The van der Waals surface area contributed by atoms with Crippen molar-refractivity contribution in [1.82, 2.24) is 9.38 Å². The number of nitrogens with two attached hydrogens (primary N) is 1. The zero-order valence-electron chi connectivity index (χ0n) is 12.4. The molecule has 5 heteroatoms. The Bertz CT molecular complexity index is 565. The maximum absolute atomic E-state index is 6.00. The number of hydrogen-bond donors (Lipinski definition) is 1. The number of fused-ring (bicyclic) bond motifs is 1. The molecule has 2 aromatic rings. The Morgan fingerprint density at radius 3 is 2.85 bits per heavy atom. The van der Waals surface area contributed by atoms with Crippen molar-refractivity contribution in [1.29, 1.82) is 0 Å². The number of aromatic nitrogens is 2. The summed E-state index contributed by atoms with van der Waals surface area (Å²) in [5.74, 6) is 1.76. The van der Waals surface area contributed by atoms with E-state index in [0.717, 1.165) is 23.0 Å². The van der Waals surface area contributed by atoms with Crippen LogP contribution in [0.2, 0.25) is 0 Å². The zero-order valence-corrected chi connectivity index (χ0v) is 13.2. The predicted molar refractivity (Wildman–Crippen MR) is 85.4 cm³/mol. The molecule has 0 unspecified atom stereocenters. The van der Waals surface area contributed by atoms with Gasteiger partial charge in [0.1, 0.15) is 0 Å². The van der Waals surface area contributed by atoms with Gasteiger partial charge >= 0.3 is 0 Å². The molecule has 0 aromatic carbocycles. The molecule has 1 fully saturated rings. The fourth-order valence-electron chi connectivity index (χ4n) is 3.26. The predicted octanol–water partition coefficient (Wildman–Crippen LogP) is 3.26. The fourth-order valence-corrected chi connectivity index (χ4v) is 3.99. The second-order valence-corrected chi connectivity index (χ2v) is 7.00. The highest BCUT2D eigenvalue weighted by atomic mass is 32.1. The van der Waals surface area contributed by atoms with Crippen LogP contribution in [0.25, 0.3) is 4.96 Å². The maximum atomic E-state index is 6.00.